The van der Waals surface area contributed by atoms with Crippen LogP contribution in [0.5, 0.6) is 0 Å². The van der Waals surface area contributed by atoms with E-state index in [0.29, 0.717) is 0 Å². The lowest BCUT2D eigenvalue weighted by molar-refractivity contribution is 0.104. The average Bonchev–Trinajstić information content (AvgIpc) is 2.65. The maximum Gasteiger partial charge on any atom is 0.192 e. The molecule has 1 aromatic carbocycles. The first kappa shape index (κ1) is 26.8. The van der Waals surface area contributed by atoms with Crippen molar-refractivity contribution in [1.82, 2.24) is 4.98 Å². The van der Waals surface area contributed by atoms with E-state index in [4.69, 9.17) is 9.41 Å². The van der Waals surface area contributed by atoms with Crippen molar-refractivity contribution in [2.75, 3.05) is 0 Å². The van der Waals surface area contributed by atoms with E-state index in [9.17, 15) is 5.11 Å². The van der Waals surface area contributed by atoms with Gasteiger partial charge in [-0.1, -0.05) is 78.3 Å². The average molecular weight is 580 g/mol. The molecule has 1 N–H and O–H groups in total. The van der Waals surface area contributed by atoms with E-state index in [-0.39, 0.29) is 22.5 Å². The molecule has 0 aliphatic heterocycles. The Bertz CT molecular complexity index is 1010. The largest absolute Gasteiger partial charge is 0.410 e. The Hall–Kier alpha value is -0.763. The number of halogens is 1. The highest BCUT2D eigenvalue weighted by molar-refractivity contribution is 14.1. The minimum atomic E-state index is -1.99. The minimum absolute atomic E-state index is 0.00854. The van der Waals surface area contributed by atoms with Crippen molar-refractivity contribution in [2.45, 2.75) is 104 Å². The fourth-order valence-electron chi connectivity index (χ4n) is 4.49. The van der Waals surface area contributed by atoms with Gasteiger partial charge in [0, 0.05) is 20.4 Å². The number of nitrogens with zero attached hydrogens (tertiary/aromatic N) is 1. The summed E-state index contributed by atoms with van der Waals surface area (Å²) in [6.45, 7) is 22.6. The van der Waals surface area contributed by atoms with Gasteiger partial charge in [0.2, 0.25) is 0 Å². The lowest BCUT2D eigenvalue weighted by atomic mass is 9.74. The molecule has 0 bridgehead atoms. The first-order valence-corrected chi connectivity index (χ1v) is 16.2. The van der Waals surface area contributed by atoms with Crippen LogP contribution in [0.25, 0.3) is 0 Å². The highest BCUT2D eigenvalue weighted by Crippen LogP contribution is 2.50. The maximum absolute atomic E-state index is 11.6. The monoisotopic (exact) mass is 579 g/mol. The molecule has 1 aromatic heterocycles. The van der Waals surface area contributed by atoms with Gasteiger partial charge >= 0.3 is 0 Å². The van der Waals surface area contributed by atoms with Gasteiger partial charge in [-0.15, -0.1) is 0 Å². The van der Waals surface area contributed by atoms with E-state index in [0.717, 1.165) is 38.9 Å². The Labute approximate surface area is 216 Å². The molecular formula is C28H42INO2Si. The third-order valence-corrected chi connectivity index (χ3v) is 13.1. The number of aromatic nitrogens is 1. The van der Waals surface area contributed by atoms with Crippen molar-refractivity contribution in [3.63, 3.8) is 0 Å². The Morgan fingerprint density at radius 1 is 1.15 bits per heavy atom. The van der Waals surface area contributed by atoms with Crippen LogP contribution in [-0.2, 0) is 10.8 Å². The third kappa shape index (κ3) is 5.57. The molecule has 5 heteroatoms. The quantitative estimate of drug-likeness (QED) is 0.287. The van der Waals surface area contributed by atoms with Gasteiger partial charge in [0.05, 0.1) is 11.8 Å². The van der Waals surface area contributed by atoms with E-state index in [1.54, 1.807) is 0 Å². The number of pyridine rings is 1. The maximum atomic E-state index is 11.6. The molecule has 33 heavy (non-hydrogen) atoms. The molecule has 3 nitrogen and oxygen atoms in total. The fourth-order valence-corrected chi connectivity index (χ4v) is 6.99. The van der Waals surface area contributed by atoms with Gasteiger partial charge in [0.25, 0.3) is 0 Å². The van der Waals surface area contributed by atoms with Crippen LogP contribution in [-0.4, -0.2) is 18.4 Å². The van der Waals surface area contributed by atoms with E-state index in [2.05, 4.69) is 103 Å². The molecule has 0 fully saturated rings. The molecule has 2 atom stereocenters. The van der Waals surface area contributed by atoms with E-state index >= 15 is 0 Å². The second-order valence-electron chi connectivity index (χ2n) is 12.5. The molecule has 0 amide bonds. The number of hydrogen-bond donors (Lipinski definition) is 1. The van der Waals surface area contributed by atoms with E-state index in [1.807, 2.05) is 12.1 Å². The second kappa shape index (κ2) is 9.36. The SMILES string of the molecule is Cc1ccc(C(O)c2c(C(C)C)nc3c(c2I)[C@@H](O[Si](C)(C)C(C)(C)C)CC(C)(C)C3)cc1. The summed E-state index contributed by atoms with van der Waals surface area (Å²) >= 11 is 2.47. The summed E-state index contributed by atoms with van der Waals surface area (Å²) in [5, 5.41) is 11.7. The summed E-state index contributed by atoms with van der Waals surface area (Å²) in [5.74, 6) is 0.226. The van der Waals surface area contributed by atoms with E-state index in [1.165, 1.54) is 11.1 Å². The molecule has 0 saturated heterocycles. The van der Waals surface area contributed by atoms with Crippen LogP contribution in [0.3, 0.4) is 0 Å². The van der Waals surface area contributed by atoms with Crippen molar-refractivity contribution in [2.24, 2.45) is 5.41 Å². The molecule has 1 heterocycles. The summed E-state index contributed by atoms with van der Waals surface area (Å²) in [6.07, 6.45) is 1.23. The summed E-state index contributed by atoms with van der Waals surface area (Å²) < 4.78 is 8.19. The third-order valence-electron chi connectivity index (χ3n) is 7.48. The van der Waals surface area contributed by atoms with Crippen molar-refractivity contribution in [1.29, 1.82) is 0 Å². The second-order valence-corrected chi connectivity index (χ2v) is 18.3. The first-order chi connectivity index (χ1) is 15.0. The topological polar surface area (TPSA) is 42.4 Å². The van der Waals surface area contributed by atoms with E-state index < -0.39 is 14.4 Å². The van der Waals surface area contributed by atoms with Crippen LogP contribution in [0.4, 0.5) is 0 Å². The Balaban J connectivity index is 2.21. The number of aliphatic hydroxyl groups is 1. The lowest BCUT2D eigenvalue weighted by Gasteiger charge is -2.44. The molecule has 2 aromatic rings. The van der Waals surface area contributed by atoms with Gasteiger partial charge in [-0.25, -0.2) is 0 Å². The molecule has 0 saturated carbocycles. The zero-order valence-electron chi connectivity index (χ0n) is 22.1. The normalized spacial score (nSPS) is 19.5. The first-order valence-electron chi connectivity index (χ1n) is 12.2. The summed E-state index contributed by atoms with van der Waals surface area (Å²) in [4.78, 5) is 5.25. The number of aryl methyl sites for hydroxylation is 1. The number of fused-ring (bicyclic) bond motifs is 1. The molecule has 0 spiro atoms. The Morgan fingerprint density at radius 2 is 1.73 bits per heavy atom. The molecule has 0 radical (unpaired) electrons. The van der Waals surface area contributed by atoms with Gasteiger partial charge in [-0.3, -0.25) is 4.98 Å². The summed E-state index contributed by atoms with van der Waals surface area (Å²) in [7, 11) is -1.99. The van der Waals surface area contributed by atoms with Crippen LogP contribution in [0.1, 0.15) is 107 Å². The smallest absolute Gasteiger partial charge is 0.192 e. The number of aliphatic hydroxyl groups excluding tert-OH is 1. The molecule has 1 aliphatic rings. The van der Waals surface area contributed by atoms with Crippen LogP contribution < -0.4 is 0 Å². The van der Waals surface area contributed by atoms with Crippen molar-refractivity contribution in [3.8, 4) is 0 Å². The summed E-state index contributed by atoms with van der Waals surface area (Å²) in [5.41, 5.74) is 6.57. The molecule has 182 valence electrons. The zero-order chi connectivity index (χ0) is 24.9. The standard InChI is InChI=1S/C28H42INO2Si/c1-17(2)25-23(26(31)19-13-11-18(3)12-14-19)24(29)22-20(30-25)15-28(7,8)16-21(22)32-33(9,10)27(4,5)6/h11-14,17,21,26,31H,15-16H2,1-10H3/t21-,26?/m0/s1. The van der Waals surface area contributed by atoms with Crippen molar-refractivity contribution in [3.05, 3.63) is 61.5 Å². The van der Waals surface area contributed by atoms with Crippen LogP contribution >= 0.6 is 22.6 Å². The highest BCUT2D eigenvalue weighted by atomic mass is 127. The number of hydrogen-bond acceptors (Lipinski definition) is 3. The predicted molar refractivity (Wildman–Crippen MR) is 149 cm³/mol. The van der Waals surface area contributed by atoms with Gasteiger partial charge < -0.3 is 9.53 Å². The predicted octanol–water partition coefficient (Wildman–Crippen LogP) is 8.24. The van der Waals surface area contributed by atoms with Crippen LogP contribution in [0.15, 0.2) is 24.3 Å². The number of benzene rings is 1. The van der Waals surface area contributed by atoms with Gasteiger partial charge in [-0.05, 0) is 77.4 Å². The fraction of sp³-hybridized carbons (Fsp3) is 0.607. The molecule has 1 unspecified atom stereocenters. The molecule has 1 aliphatic carbocycles. The Morgan fingerprint density at radius 3 is 2.24 bits per heavy atom. The molecule has 3 rings (SSSR count). The minimum Gasteiger partial charge on any atom is -0.410 e. The van der Waals surface area contributed by atoms with Crippen LogP contribution in [0, 0.1) is 15.9 Å². The highest BCUT2D eigenvalue weighted by Gasteiger charge is 2.44. The number of rotatable bonds is 5. The van der Waals surface area contributed by atoms with Crippen molar-refractivity contribution < 1.29 is 9.53 Å². The molecular weight excluding hydrogens is 537 g/mol. The zero-order valence-corrected chi connectivity index (χ0v) is 25.3. The lowest BCUT2D eigenvalue weighted by Crippen LogP contribution is -2.44. The van der Waals surface area contributed by atoms with Gasteiger partial charge in [0.15, 0.2) is 8.32 Å². The van der Waals surface area contributed by atoms with Gasteiger partial charge in [-0.2, -0.15) is 0 Å². The summed E-state index contributed by atoms with van der Waals surface area (Å²) in [6, 6.07) is 8.20. The van der Waals surface area contributed by atoms with Crippen LogP contribution in [0.2, 0.25) is 18.1 Å². The Kier molecular flexibility index (Phi) is 7.61. The van der Waals surface area contributed by atoms with Crippen molar-refractivity contribution >= 4 is 30.9 Å². The van der Waals surface area contributed by atoms with Gasteiger partial charge in [0.1, 0.15) is 6.10 Å².